The van der Waals surface area contributed by atoms with Gasteiger partial charge >= 0.3 is 0 Å². The Bertz CT molecular complexity index is 299. The Kier molecular flexibility index (Phi) is 3.38. The van der Waals surface area contributed by atoms with Crippen LogP contribution in [-0.4, -0.2) is 22.9 Å². The minimum atomic E-state index is 0.480. The number of rotatable bonds is 3. The van der Waals surface area contributed by atoms with Crippen LogP contribution in [0.15, 0.2) is 12.4 Å². The first-order valence-electron chi connectivity index (χ1n) is 5.79. The van der Waals surface area contributed by atoms with Crippen LogP contribution in [0.25, 0.3) is 0 Å². The topological polar surface area (TPSA) is 55.9 Å². The van der Waals surface area contributed by atoms with E-state index in [0.29, 0.717) is 12.0 Å². The van der Waals surface area contributed by atoms with Gasteiger partial charge in [0.05, 0.1) is 6.20 Å². The minimum absolute atomic E-state index is 0.480. The maximum atomic E-state index is 5.66. The molecule has 0 bridgehead atoms. The van der Waals surface area contributed by atoms with Crippen molar-refractivity contribution < 1.29 is 0 Å². The summed E-state index contributed by atoms with van der Waals surface area (Å²) in [5.74, 6) is 0.655. The number of nitrogens with zero attached hydrogens (tertiary/aromatic N) is 2. The second kappa shape index (κ2) is 4.77. The van der Waals surface area contributed by atoms with Crippen LogP contribution < -0.4 is 11.1 Å². The lowest BCUT2D eigenvalue weighted by molar-refractivity contribution is 0.320. The van der Waals surface area contributed by atoms with Crippen LogP contribution >= 0.6 is 0 Å². The van der Waals surface area contributed by atoms with Crippen LogP contribution in [0.3, 0.4) is 0 Å². The third-order valence-electron chi connectivity index (χ3n) is 3.23. The molecule has 0 aliphatic carbocycles. The lowest BCUT2D eigenvalue weighted by Gasteiger charge is -2.28. The average Bonchev–Trinajstić information content (AvgIpc) is 2.78. The van der Waals surface area contributed by atoms with Crippen molar-refractivity contribution in [3.05, 3.63) is 18.0 Å². The zero-order valence-corrected chi connectivity index (χ0v) is 9.32. The molecule has 1 aromatic heterocycles. The summed E-state index contributed by atoms with van der Waals surface area (Å²) in [6.07, 6.45) is 6.52. The van der Waals surface area contributed by atoms with Crippen LogP contribution in [0.4, 0.5) is 0 Å². The molecule has 0 spiro atoms. The van der Waals surface area contributed by atoms with Crippen molar-refractivity contribution in [2.24, 2.45) is 11.7 Å². The third kappa shape index (κ3) is 2.38. The summed E-state index contributed by atoms with van der Waals surface area (Å²) in [5.41, 5.74) is 6.97. The molecule has 2 unspecified atom stereocenters. The van der Waals surface area contributed by atoms with Gasteiger partial charge in [-0.2, -0.15) is 5.10 Å². The van der Waals surface area contributed by atoms with Gasteiger partial charge in [-0.15, -0.1) is 0 Å². The molecule has 0 aromatic carbocycles. The number of nitrogens with one attached hydrogen (secondary N) is 1. The molecule has 84 valence electrons. The second-order valence-electron chi connectivity index (χ2n) is 4.27. The molecule has 3 N–H and O–H groups in total. The van der Waals surface area contributed by atoms with E-state index in [0.717, 1.165) is 19.6 Å². The Balaban J connectivity index is 1.95. The fourth-order valence-corrected chi connectivity index (χ4v) is 2.13. The molecule has 4 nitrogen and oxygen atoms in total. The summed E-state index contributed by atoms with van der Waals surface area (Å²) in [6.45, 7) is 4.89. The molecule has 1 fully saturated rings. The Morgan fingerprint density at radius 3 is 3.00 bits per heavy atom. The van der Waals surface area contributed by atoms with Gasteiger partial charge in [-0.25, -0.2) is 0 Å². The van der Waals surface area contributed by atoms with Crippen LogP contribution in [0.2, 0.25) is 0 Å². The molecule has 0 saturated carbocycles. The molecule has 2 atom stereocenters. The van der Waals surface area contributed by atoms with Gasteiger partial charge in [0.25, 0.3) is 0 Å². The maximum absolute atomic E-state index is 5.66. The van der Waals surface area contributed by atoms with Gasteiger partial charge in [-0.05, 0) is 38.8 Å². The Labute approximate surface area is 90.8 Å². The molecule has 1 aromatic rings. The van der Waals surface area contributed by atoms with E-state index in [1.54, 1.807) is 0 Å². The van der Waals surface area contributed by atoms with Gasteiger partial charge in [0.1, 0.15) is 0 Å². The number of aryl methyl sites for hydroxylation is 1. The van der Waals surface area contributed by atoms with E-state index >= 15 is 0 Å². The van der Waals surface area contributed by atoms with Crippen molar-refractivity contribution in [2.75, 3.05) is 13.1 Å². The van der Waals surface area contributed by atoms with Crippen LogP contribution in [0.1, 0.15) is 31.4 Å². The Morgan fingerprint density at radius 1 is 1.60 bits per heavy atom. The van der Waals surface area contributed by atoms with E-state index in [-0.39, 0.29) is 0 Å². The average molecular weight is 208 g/mol. The standard InChI is InChI=1S/C11H20N4/c1-2-15-8-10(7-14-15)11-4-3-9(5-12)6-13-11/h7-9,11,13H,2-6,12H2,1H3. The molecular weight excluding hydrogens is 188 g/mol. The predicted octanol–water partition coefficient (Wildman–Crippen LogP) is 0.902. The molecule has 1 aliphatic rings. The highest BCUT2D eigenvalue weighted by molar-refractivity contribution is 5.11. The molecule has 4 heteroatoms. The summed E-state index contributed by atoms with van der Waals surface area (Å²) in [6, 6.07) is 0.480. The summed E-state index contributed by atoms with van der Waals surface area (Å²) in [7, 11) is 0. The number of hydrogen-bond donors (Lipinski definition) is 2. The molecule has 0 radical (unpaired) electrons. The molecule has 0 amide bonds. The monoisotopic (exact) mass is 208 g/mol. The van der Waals surface area contributed by atoms with Gasteiger partial charge in [0, 0.05) is 24.3 Å². The van der Waals surface area contributed by atoms with Gasteiger partial charge < -0.3 is 11.1 Å². The van der Waals surface area contributed by atoms with Gasteiger partial charge in [0.15, 0.2) is 0 Å². The van der Waals surface area contributed by atoms with Crippen molar-refractivity contribution in [1.29, 1.82) is 0 Å². The fourth-order valence-electron chi connectivity index (χ4n) is 2.13. The van der Waals surface area contributed by atoms with Crippen LogP contribution in [0.5, 0.6) is 0 Å². The van der Waals surface area contributed by atoms with E-state index in [1.807, 2.05) is 10.9 Å². The smallest absolute Gasteiger partial charge is 0.0537 e. The first kappa shape index (κ1) is 10.6. The van der Waals surface area contributed by atoms with E-state index in [2.05, 4.69) is 23.5 Å². The largest absolute Gasteiger partial charge is 0.330 e. The quantitative estimate of drug-likeness (QED) is 0.776. The lowest BCUT2D eigenvalue weighted by Crippen LogP contribution is -2.36. The molecule has 1 aliphatic heterocycles. The highest BCUT2D eigenvalue weighted by atomic mass is 15.3. The van der Waals surface area contributed by atoms with Crippen molar-refractivity contribution in [2.45, 2.75) is 32.4 Å². The van der Waals surface area contributed by atoms with Gasteiger partial charge in [-0.1, -0.05) is 0 Å². The summed E-state index contributed by atoms with van der Waals surface area (Å²) in [4.78, 5) is 0. The van der Waals surface area contributed by atoms with Crippen molar-refractivity contribution >= 4 is 0 Å². The highest BCUT2D eigenvalue weighted by Gasteiger charge is 2.21. The van der Waals surface area contributed by atoms with E-state index < -0.39 is 0 Å². The number of hydrogen-bond acceptors (Lipinski definition) is 3. The SMILES string of the molecule is CCn1cc(C2CCC(CN)CN2)cn1. The molecule has 1 saturated heterocycles. The summed E-state index contributed by atoms with van der Waals surface area (Å²) in [5, 5.41) is 7.84. The zero-order valence-electron chi connectivity index (χ0n) is 9.32. The fraction of sp³-hybridized carbons (Fsp3) is 0.727. The van der Waals surface area contributed by atoms with Gasteiger partial charge in [-0.3, -0.25) is 4.68 Å². The first-order chi connectivity index (χ1) is 7.33. The molecule has 15 heavy (non-hydrogen) atoms. The van der Waals surface area contributed by atoms with E-state index in [1.165, 1.54) is 18.4 Å². The predicted molar refractivity (Wildman–Crippen MR) is 60.4 cm³/mol. The van der Waals surface area contributed by atoms with Gasteiger partial charge in [0.2, 0.25) is 0 Å². The summed E-state index contributed by atoms with van der Waals surface area (Å²) >= 11 is 0. The maximum Gasteiger partial charge on any atom is 0.0537 e. The molecular formula is C11H20N4. The van der Waals surface area contributed by atoms with Crippen molar-refractivity contribution in [3.63, 3.8) is 0 Å². The van der Waals surface area contributed by atoms with Crippen LogP contribution in [-0.2, 0) is 6.54 Å². The Morgan fingerprint density at radius 2 is 2.47 bits per heavy atom. The molecule has 2 heterocycles. The van der Waals surface area contributed by atoms with Crippen LogP contribution in [0, 0.1) is 5.92 Å². The highest BCUT2D eigenvalue weighted by Crippen LogP contribution is 2.24. The van der Waals surface area contributed by atoms with Crippen molar-refractivity contribution in [3.8, 4) is 0 Å². The first-order valence-corrected chi connectivity index (χ1v) is 5.79. The number of piperidine rings is 1. The minimum Gasteiger partial charge on any atom is -0.330 e. The normalized spacial score (nSPS) is 26.8. The zero-order chi connectivity index (χ0) is 10.7. The second-order valence-corrected chi connectivity index (χ2v) is 4.27. The number of aromatic nitrogens is 2. The van der Waals surface area contributed by atoms with Crippen molar-refractivity contribution in [1.82, 2.24) is 15.1 Å². The van der Waals surface area contributed by atoms with E-state index in [9.17, 15) is 0 Å². The van der Waals surface area contributed by atoms with E-state index in [4.69, 9.17) is 5.73 Å². The summed E-state index contributed by atoms with van der Waals surface area (Å²) < 4.78 is 1.98. The number of nitrogens with two attached hydrogens (primary N) is 1. The lowest BCUT2D eigenvalue weighted by atomic mass is 9.92. The molecule has 2 rings (SSSR count). The Hall–Kier alpha value is -0.870. The third-order valence-corrected chi connectivity index (χ3v) is 3.23.